The molecule has 21 heavy (non-hydrogen) atoms. The van der Waals surface area contributed by atoms with Crippen LogP contribution in [0.25, 0.3) is 6.08 Å². The molecule has 2 rings (SSSR count). The van der Waals surface area contributed by atoms with E-state index in [0.717, 1.165) is 5.56 Å². The lowest BCUT2D eigenvalue weighted by Gasteiger charge is -2.21. The Labute approximate surface area is 125 Å². The molecule has 0 aliphatic heterocycles. The average Bonchev–Trinajstić information content (AvgIpc) is 2.76. The molecule has 1 aromatic carbocycles. The van der Waals surface area contributed by atoms with Crippen molar-refractivity contribution in [2.24, 2.45) is 0 Å². The number of likely N-dealkylation sites (N-methyl/N-ethyl adjacent to an activating group) is 1. The fourth-order valence-electron chi connectivity index (χ4n) is 2.69. The van der Waals surface area contributed by atoms with Crippen LogP contribution in [-0.2, 0) is 10.2 Å². The predicted molar refractivity (Wildman–Crippen MR) is 84.9 cm³/mol. The maximum absolute atomic E-state index is 14.5. The summed E-state index contributed by atoms with van der Waals surface area (Å²) in [6.45, 7) is 9.44. The van der Waals surface area contributed by atoms with Gasteiger partial charge in [-0.25, -0.2) is 4.39 Å². The Hall–Kier alpha value is -1.84. The largest absolute Gasteiger partial charge is 0.374 e. The van der Waals surface area contributed by atoms with Crippen LogP contribution in [0.2, 0.25) is 0 Å². The fourth-order valence-corrected chi connectivity index (χ4v) is 2.69. The monoisotopic (exact) mass is 290 g/mol. The Morgan fingerprint density at radius 3 is 2.57 bits per heavy atom. The van der Waals surface area contributed by atoms with Crippen molar-refractivity contribution < 1.29 is 9.18 Å². The van der Waals surface area contributed by atoms with E-state index in [2.05, 4.69) is 19.2 Å². The van der Waals surface area contributed by atoms with E-state index < -0.39 is 0 Å². The molecule has 0 saturated carbocycles. The molecule has 3 nitrogen and oxygen atoms in total. The number of hydrogen-bond donors (Lipinski definition) is 1. The van der Waals surface area contributed by atoms with Crippen molar-refractivity contribution in [1.82, 2.24) is 4.90 Å². The summed E-state index contributed by atoms with van der Waals surface area (Å²) in [5, 5.41) is 2.92. The first-order valence-electron chi connectivity index (χ1n) is 7.44. The molecule has 0 bridgehead atoms. The summed E-state index contributed by atoms with van der Waals surface area (Å²) < 4.78 is 14.5. The SMILES string of the molecule is CCN(CC)C(=O)CNc1ccc2c(c1F)C=CC2(C)C. The summed E-state index contributed by atoms with van der Waals surface area (Å²) in [5.74, 6) is -0.294. The van der Waals surface area contributed by atoms with Gasteiger partial charge in [-0.15, -0.1) is 0 Å². The zero-order valence-electron chi connectivity index (χ0n) is 13.2. The molecule has 0 spiro atoms. The highest BCUT2D eigenvalue weighted by Crippen LogP contribution is 2.38. The lowest BCUT2D eigenvalue weighted by atomic mass is 9.87. The van der Waals surface area contributed by atoms with E-state index in [4.69, 9.17) is 0 Å². The highest BCUT2D eigenvalue weighted by Gasteiger charge is 2.27. The Morgan fingerprint density at radius 1 is 1.29 bits per heavy atom. The van der Waals surface area contributed by atoms with Crippen LogP contribution in [0.4, 0.5) is 10.1 Å². The number of nitrogens with zero attached hydrogens (tertiary/aromatic N) is 1. The maximum Gasteiger partial charge on any atom is 0.241 e. The van der Waals surface area contributed by atoms with Crippen LogP contribution in [0.15, 0.2) is 18.2 Å². The highest BCUT2D eigenvalue weighted by molar-refractivity contribution is 5.81. The second-order valence-electron chi connectivity index (χ2n) is 5.86. The molecule has 4 heteroatoms. The standard InChI is InChI=1S/C17H23FN2O/c1-5-20(6-2)15(21)11-19-14-8-7-13-12(16(14)18)9-10-17(13,3)4/h7-10,19H,5-6,11H2,1-4H3. The minimum atomic E-state index is -0.276. The van der Waals surface area contributed by atoms with Gasteiger partial charge < -0.3 is 10.2 Å². The second kappa shape index (κ2) is 5.88. The molecular weight excluding hydrogens is 267 g/mol. The Bertz CT molecular complexity index is 574. The number of anilines is 1. The molecule has 1 aliphatic carbocycles. The molecule has 0 heterocycles. The van der Waals surface area contributed by atoms with Crippen LogP contribution in [0.1, 0.15) is 38.8 Å². The van der Waals surface area contributed by atoms with E-state index in [1.54, 1.807) is 11.0 Å². The van der Waals surface area contributed by atoms with Gasteiger partial charge in [-0.1, -0.05) is 32.1 Å². The molecule has 0 unspecified atom stereocenters. The number of halogens is 1. The van der Waals surface area contributed by atoms with Gasteiger partial charge in [0.05, 0.1) is 12.2 Å². The van der Waals surface area contributed by atoms with Crippen LogP contribution >= 0.6 is 0 Å². The number of hydrogen-bond acceptors (Lipinski definition) is 2. The van der Waals surface area contributed by atoms with Crippen molar-refractivity contribution in [1.29, 1.82) is 0 Å². The van der Waals surface area contributed by atoms with Crippen molar-refractivity contribution in [3.8, 4) is 0 Å². The Balaban J connectivity index is 2.13. The third kappa shape index (κ3) is 2.94. The average molecular weight is 290 g/mol. The Morgan fingerprint density at radius 2 is 1.95 bits per heavy atom. The molecule has 1 amide bonds. The van der Waals surface area contributed by atoms with Crippen molar-refractivity contribution in [3.63, 3.8) is 0 Å². The molecule has 114 valence electrons. The lowest BCUT2D eigenvalue weighted by Crippen LogP contribution is -2.35. The number of allylic oxidation sites excluding steroid dienone is 1. The van der Waals surface area contributed by atoms with E-state index in [1.807, 2.05) is 32.1 Å². The Kier molecular flexibility index (Phi) is 4.35. The van der Waals surface area contributed by atoms with Crippen LogP contribution in [0, 0.1) is 5.82 Å². The number of carbonyl (C=O) groups is 1. The fraction of sp³-hybridized carbons (Fsp3) is 0.471. The first kappa shape index (κ1) is 15.5. The number of nitrogens with one attached hydrogen (secondary N) is 1. The van der Waals surface area contributed by atoms with E-state index in [0.29, 0.717) is 24.3 Å². The van der Waals surface area contributed by atoms with E-state index in [-0.39, 0.29) is 23.7 Å². The normalized spacial score (nSPS) is 14.9. The van der Waals surface area contributed by atoms with E-state index in [1.165, 1.54) is 0 Å². The van der Waals surface area contributed by atoms with Gasteiger partial charge in [0.1, 0.15) is 0 Å². The number of fused-ring (bicyclic) bond motifs is 1. The van der Waals surface area contributed by atoms with Gasteiger partial charge >= 0.3 is 0 Å². The van der Waals surface area contributed by atoms with Crippen molar-refractivity contribution in [2.45, 2.75) is 33.1 Å². The maximum atomic E-state index is 14.5. The first-order chi connectivity index (χ1) is 9.90. The summed E-state index contributed by atoms with van der Waals surface area (Å²) in [6.07, 6.45) is 3.83. The topological polar surface area (TPSA) is 32.3 Å². The number of carbonyl (C=O) groups excluding carboxylic acids is 1. The second-order valence-corrected chi connectivity index (χ2v) is 5.86. The number of benzene rings is 1. The molecule has 0 aromatic heterocycles. The molecule has 1 aromatic rings. The van der Waals surface area contributed by atoms with Crippen molar-refractivity contribution in [2.75, 3.05) is 25.0 Å². The van der Waals surface area contributed by atoms with Crippen LogP contribution in [0.5, 0.6) is 0 Å². The zero-order chi connectivity index (χ0) is 15.6. The number of rotatable bonds is 5. The van der Waals surface area contributed by atoms with Gasteiger partial charge in [0, 0.05) is 24.1 Å². The highest BCUT2D eigenvalue weighted by atomic mass is 19.1. The van der Waals surface area contributed by atoms with Gasteiger partial charge in [0.25, 0.3) is 0 Å². The summed E-state index contributed by atoms with van der Waals surface area (Å²) >= 11 is 0. The molecule has 1 N–H and O–H groups in total. The van der Waals surface area contributed by atoms with Crippen LogP contribution in [-0.4, -0.2) is 30.4 Å². The minimum Gasteiger partial charge on any atom is -0.374 e. The summed E-state index contributed by atoms with van der Waals surface area (Å²) in [6, 6.07) is 3.65. The summed E-state index contributed by atoms with van der Waals surface area (Å²) in [5.41, 5.74) is 1.86. The lowest BCUT2D eigenvalue weighted by molar-refractivity contribution is -0.128. The molecular formula is C17H23FN2O. The third-order valence-electron chi connectivity index (χ3n) is 4.09. The molecule has 1 aliphatic rings. The molecule has 0 saturated heterocycles. The van der Waals surface area contributed by atoms with Gasteiger partial charge in [-0.3, -0.25) is 4.79 Å². The smallest absolute Gasteiger partial charge is 0.241 e. The van der Waals surface area contributed by atoms with E-state index >= 15 is 0 Å². The quantitative estimate of drug-likeness (QED) is 0.901. The zero-order valence-corrected chi connectivity index (χ0v) is 13.2. The van der Waals surface area contributed by atoms with Crippen LogP contribution < -0.4 is 5.32 Å². The van der Waals surface area contributed by atoms with Gasteiger partial charge in [-0.05, 0) is 25.5 Å². The van der Waals surface area contributed by atoms with Crippen LogP contribution in [0.3, 0.4) is 0 Å². The van der Waals surface area contributed by atoms with Gasteiger partial charge in [-0.2, -0.15) is 0 Å². The van der Waals surface area contributed by atoms with E-state index in [9.17, 15) is 9.18 Å². The molecule has 0 atom stereocenters. The summed E-state index contributed by atoms with van der Waals surface area (Å²) in [4.78, 5) is 13.7. The molecule has 0 radical (unpaired) electrons. The van der Waals surface area contributed by atoms with Gasteiger partial charge in [0.2, 0.25) is 5.91 Å². The summed E-state index contributed by atoms with van der Waals surface area (Å²) in [7, 11) is 0. The van der Waals surface area contributed by atoms with Crippen molar-refractivity contribution in [3.05, 3.63) is 35.2 Å². The minimum absolute atomic E-state index is 0.0178. The predicted octanol–water partition coefficient (Wildman–Crippen LogP) is 3.41. The van der Waals surface area contributed by atoms with Crippen molar-refractivity contribution >= 4 is 17.7 Å². The van der Waals surface area contributed by atoms with Gasteiger partial charge in [0.15, 0.2) is 5.82 Å². The first-order valence-corrected chi connectivity index (χ1v) is 7.44. The number of amides is 1. The third-order valence-corrected chi connectivity index (χ3v) is 4.09. The molecule has 0 fully saturated rings.